The van der Waals surface area contributed by atoms with Crippen LogP contribution in [0.4, 0.5) is 0 Å². The Balaban J connectivity index is 2.11. The summed E-state index contributed by atoms with van der Waals surface area (Å²) in [5, 5.41) is 2.97. The van der Waals surface area contributed by atoms with Gasteiger partial charge in [0.15, 0.2) is 0 Å². The highest BCUT2D eigenvalue weighted by atomic mass is 16.2. The quantitative estimate of drug-likeness (QED) is 0.834. The predicted molar refractivity (Wildman–Crippen MR) is 67.9 cm³/mol. The van der Waals surface area contributed by atoms with E-state index in [9.17, 15) is 4.79 Å². The van der Waals surface area contributed by atoms with E-state index in [4.69, 9.17) is 5.73 Å². The van der Waals surface area contributed by atoms with Crippen LogP contribution in [0.1, 0.15) is 49.6 Å². The third kappa shape index (κ3) is 2.52. The van der Waals surface area contributed by atoms with Crippen molar-refractivity contribution in [2.75, 3.05) is 6.54 Å². The van der Waals surface area contributed by atoms with Gasteiger partial charge in [-0.25, -0.2) is 0 Å². The summed E-state index contributed by atoms with van der Waals surface area (Å²) in [5.41, 5.74) is 6.01. The molecule has 17 heavy (non-hydrogen) atoms. The zero-order chi connectivity index (χ0) is 12.5. The molecule has 1 heterocycles. The van der Waals surface area contributed by atoms with Gasteiger partial charge in [0.2, 0.25) is 0 Å². The summed E-state index contributed by atoms with van der Waals surface area (Å²) in [5.74, 6) is -0.0302. The summed E-state index contributed by atoms with van der Waals surface area (Å²) in [6, 6.07) is 4.31. The molecule has 4 heteroatoms. The van der Waals surface area contributed by atoms with Crippen molar-refractivity contribution in [2.45, 2.75) is 44.7 Å². The lowest BCUT2D eigenvalue weighted by molar-refractivity contribution is 0.0900. The van der Waals surface area contributed by atoms with Gasteiger partial charge in [0, 0.05) is 24.3 Å². The molecule has 0 radical (unpaired) electrons. The second-order valence-electron chi connectivity index (χ2n) is 5.43. The average Bonchev–Trinajstić information content (AvgIpc) is 2.63. The van der Waals surface area contributed by atoms with Crippen molar-refractivity contribution in [3.8, 4) is 0 Å². The summed E-state index contributed by atoms with van der Waals surface area (Å²) >= 11 is 0. The number of nitrogens with one attached hydrogen (secondary N) is 1. The number of amides is 1. The van der Waals surface area contributed by atoms with Crippen molar-refractivity contribution in [3.05, 3.63) is 24.0 Å². The maximum atomic E-state index is 12.2. The van der Waals surface area contributed by atoms with Gasteiger partial charge in [-0.2, -0.15) is 0 Å². The number of carbonyl (C=O) groups excluding carboxylic acids is 1. The van der Waals surface area contributed by atoms with Crippen molar-refractivity contribution in [2.24, 2.45) is 5.73 Å². The molecule has 1 aromatic heterocycles. The predicted octanol–water partition coefficient (Wildman–Crippen LogP) is 1.68. The number of carbonyl (C=O) groups is 1. The fourth-order valence-corrected chi connectivity index (χ4v) is 1.99. The SMILES string of the molecule is CC(C)(CN)NC(=O)c1cccn1C1CCC1. The number of hydrogen-bond acceptors (Lipinski definition) is 2. The van der Waals surface area contributed by atoms with Gasteiger partial charge < -0.3 is 15.6 Å². The highest BCUT2D eigenvalue weighted by molar-refractivity contribution is 5.93. The molecule has 1 aliphatic rings. The molecule has 0 unspecified atom stereocenters. The van der Waals surface area contributed by atoms with E-state index in [1.54, 1.807) is 0 Å². The summed E-state index contributed by atoms with van der Waals surface area (Å²) in [6.45, 7) is 4.30. The molecule has 3 N–H and O–H groups in total. The number of hydrogen-bond donors (Lipinski definition) is 2. The Labute approximate surface area is 102 Å². The number of nitrogens with two attached hydrogens (primary N) is 1. The first-order valence-corrected chi connectivity index (χ1v) is 6.23. The first kappa shape index (κ1) is 12.2. The Morgan fingerprint density at radius 1 is 1.59 bits per heavy atom. The smallest absolute Gasteiger partial charge is 0.268 e. The van der Waals surface area contributed by atoms with E-state index in [2.05, 4.69) is 9.88 Å². The van der Waals surface area contributed by atoms with Crippen molar-refractivity contribution in [1.82, 2.24) is 9.88 Å². The fourth-order valence-electron chi connectivity index (χ4n) is 1.99. The van der Waals surface area contributed by atoms with Crippen LogP contribution in [0.5, 0.6) is 0 Å². The first-order chi connectivity index (χ1) is 8.03. The molecular weight excluding hydrogens is 214 g/mol. The molecule has 1 amide bonds. The molecule has 0 aliphatic heterocycles. The molecule has 0 atom stereocenters. The van der Waals surface area contributed by atoms with Crippen LogP contribution in [-0.4, -0.2) is 22.6 Å². The Morgan fingerprint density at radius 3 is 2.82 bits per heavy atom. The van der Waals surface area contributed by atoms with E-state index in [-0.39, 0.29) is 11.4 Å². The van der Waals surface area contributed by atoms with Gasteiger partial charge in [0.05, 0.1) is 0 Å². The Morgan fingerprint density at radius 2 is 2.29 bits per heavy atom. The third-order valence-corrected chi connectivity index (χ3v) is 3.44. The fraction of sp³-hybridized carbons (Fsp3) is 0.615. The molecule has 94 valence electrons. The molecule has 0 saturated heterocycles. The normalized spacial score (nSPS) is 16.6. The molecule has 1 saturated carbocycles. The van der Waals surface area contributed by atoms with Crippen molar-refractivity contribution < 1.29 is 4.79 Å². The maximum absolute atomic E-state index is 12.2. The Bertz CT molecular complexity index is 405. The Hall–Kier alpha value is -1.29. The zero-order valence-corrected chi connectivity index (χ0v) is 10.6. The van der Waals surface area contributed by atoms with E-state index in [0.717, 1.165) is 5.69 Å². The second-order valence-corrected chi connectivity index (χ2v) is 5.43. The highest BCUT2D eigenvalue weighted by Crippen LogP contribution is 2.32. The lowest BCUT2D eigenvalue weighted by Crippen LogP contribution is -2.49. The van der Waals surface area contributed by atoms with Crippen molar-refractivity contribution in [1.29, 1.82) is 0 Å². The average molecular weight is 235 g/mol. The molecule has 2 rings (SSSR count). The molecule has 0 spiro atoms. The molecule has 1 aliphatic carbocycles. The number of aromatic nitrogens is 1. The van der Waals surface area contributed by atoms with Gasteiger partial charge in [-0.15, -0.1) is 0 Å². The largest absolute Gasteiger partial charge is 0.345 e. The van der Waals surface area contributed by atoms with Crippen LogP contribution in [0, 0.1) is 0 Å². The topological polar surface area (TPSA) is 60.0 Å². The van der Waals surface area contributed by atoms with E-state index in [1.807, 2.05) is 32.2 Å². The van der Waals surface area contributed by atoms with Crippen LogP contribution < -0.4 is 11.1 Å². The summed E-state index contributed by atoms with van der Waals surface area (Å²) < 4.78 is 2.09. The standard InChI is InChI=1S/C13H21N3O/c1-13(2,9-14)15-12(17)11-7-4-8-16(11)10-5-3-6-10/h4,7-8,10H,3,5-6,9,14H2,1-2H3,(H,15,17). The summed E-state index contributed by atoms with van der Waals surface area (Å²) in [6.07, 6.45) is 5.61. The maximum Gasteiger partial charge on any atom is 0.268 e. The first-order valence-electron chi connectivity index (χ1n) is 6.23. The van der Waals surface area contributed by atoms with Gasteiger partial charge in [0.25, 0.3) is 5.91 Å². The molecular formula is C13H21N3O. The summed E-state index contributed by atoms with van der Waals surface area (Å²) in [4.78, 5) is 12.2. The van der Waals surface area contributed by atoms with Crippen LogP contribution in [0.15, 0.2) is 18.3 Å². The second kappa shape index (κ2) is 4.53. The molecule has 0 aromatic carbocycles. The Kier molecular flexibility index (Phi) is 3.24. The van der Waals surface area contributed by atoms with Crippen LogP contribution in [-0.2, 0) is 0 Å². The van der Waals surface area contributed by atoms with Gasteiger partial charge in [-0.3, -0.25) is 4.79 Å². The van der Waals surface area contributed by atoms with Crippen LogP contribution in [0.3, 0.4) is 0 Å². The summed E-state index contributed by atoms with van der Waals surface area (Å²) in [7, 11) is 0. The lowest BCUT2D eigenvalue weighted by Gasteiger charge is -2.30. The molecule has 1 fully saturated rings. The monoisotopic (exact) mass is 235 g/mol. The van der Waals surface area contributed by atoms with Crippen LogP contribution >= 0.6 is 0 Å². The van der Waals surface area contributed by atoms with Crippen LogP contribution in [0.25, 0.3) is 0 Å². The van der Waals surface area contributed by atoms with E-state index in [0.29, 0.717) is 12.6 Å². The zero-order valence-electron chi connectivity index (χ0n) is 10.6. The van der Waals surface area contributed by atoms with E-state index in [1.165, 1.54) is 19.3 Å². The third-order valence-electron chi connectivity index (χ3n) is 3.44. The van der Waals surface area contributed by atoms with Crippen LogP contribution in [0.2, 0.25) is 0 Å². The molecule has 0 bridgehead atoms. The molecule has 4 nitrogen and oxygen atoms in total. The lowest BCUT2D eigenvalue weighted by atomic mass is 9.93. The number of rotatable bonds is 4. The highest BCUT2D eigenvalue weighted by Gasteiger charge is 2.25. The van der Waals surface area contributed by atoms with Gasteiger partial charge in [0.1, 0.15) is 5.69 Å². The minimum atomic E-state index is -0.355. The van der Waals surface area contributed by atoms with Gasteiger partial charge in [-0.05, 0) is 45.2 Å². The van der Waals surface area contributed by atoms with Gasteiger partial charge >= 0.3 is 0 Å². The van der Waals surface area contributed by atoms with Gasteiger partial charge in [-0.1, -0.05) is 0 Å². The van der Waals surface area contributed by atoms with Crippen molar-refractivity contribution >= 4 is 5.91 Å². The van der Waals surface area contributed by atoms with Crippen molar-refractivity contribution in [3.63, 3.8) is 0 Å². The number of nitrogens with zero attached hydrogens (tertiary/aromatic N) is 1. The minimum absolute atomic E-state index is 0.0302. The molecule has 1 aromatic rings. The van der Waals surface area contributed by atoms with E-state index >= 15 is 0 Å². The van der Waals surface area contributed by atoms with E-state index < -0.39 is 0 Å². The minimum Gasteiger partial charge on any atom is -0.345 e.